The van der Waals surface area contributed by atoms with Crippen LogP contribution >= 0.6 is 11.3 Å². The van der Waals surface area contributed by atoms with E-state index in [-0.39, 0.29) is 23.9 Å². The van der Waals surface area contributed by atoms with E-state index in [1.807, 2.05) is 59.2 Å². The van der Waals surface area contributed by atoms with Gasteiger partial charge in [0.05, 0.1) is 12.6 Å². The van der Waals surface area contributed by atoms with Gasteiger partial charge in [0.25, 0.3) is 5.91 Å². The van der Waals surface area contributed by atoms with Gasteiger partial charge >= 0.3 is 0 Å². The highest BCUT2D eigenvalue weighted by atomic mass is 32.1. The number of carbonyl (C=O) groups excluding carboxylic acids is 2. The minimum atomic E-state index is -0.0168. The molecule has 6 heteroatoms. The maximum Gasteiger partial charge on any atom is 0.254 e. The van der Waals surface area contributed by atoms with Crippen molar-refractivity contribution in [3.63, 3.8) is 0 Å². The molecular weight excluding hydrogens is 454 g/mol. The Labute approximate surface area is 212 Å². The molecular formula is C29H33N3O2S. The van der Waals surface area contributed by atoms with Gasteiger partial charge in [0, 0.05) is 42.7 Å². The van der Waals surface area contributed by atoms with E-state index in [2.05, 4.69) is 47.5 Å². The second-order valence-electron chi connectivity index (χ2n) is 9.78. The molecule has 0 saturated carbocycles. The molecule has 1 fully saturated rings. The zero-order valence-corrected chi connectivity index (χ0v) is 21.6. The Hall–Kier alpha value is -2.96. The van der Waals surface area contributed by atoms with Crippen LogP contribution in [0.2, 0.25) is 0 Å². The molecule has 2 aromatic carbocycles. The van der Waals surface area contributed by atoms with Crippen molar-refractivity contribution >= 4 is 23.2 Å². The predicted octanol–water partition coefficient (Wildman–Crippen LogP) is 4.69. The molecule has 0 aliphatic carbocycles. The summed E-state index contributed by atoms with van der Waals surface area (Å²) < 4.78 is 0. The van der Waals surface area contributed by atoms with E-state index < -0.39 is 0 Å². The lowest BCUT2D eigenvalue weighted by molar-refractivity contribution is -0.135. The molecule has 0 spiro atoms. The number of thiophene rings is 1. The first-order valence-electron chi connectivity index (χ1n) is 12.4. The summed E-state index contributed by atoms with van der Waals surface area (Å²) in [4.78, 5) is 34.3. The number of piperazine rings is 1. The SMILES string of the molecule is Cc1ccccc1C(=O)N1CCN(C(=O)CN2CCc3sccc3[C@H]2c2ccccc2C)C[C@H]1C. The summed E-state index contributed by atoms with van der Waals surface area (Å²) in [5.41, 5.74) is 5.61. The molecule has 3 heterocycles. The molecule has 0 radical (unpaired) electrons. The van der Waals surface area contributed by atoms with E-state index in [0.29, 0.717) is 26.2 Å². The Morgan fingerprint density at radius 3 is 2.40 bits per heavy atom. The monoisotopic (exact) mass is 487 g/mol. The number of benzene rings is 2. The van der Waals surface area contributed by atoms with Gasteiger partial charge in [0.1, 0.15) is 0 Å². The number of rotatable bonds is 4. The average Bonchev–Trinajstić information content (AvgIpc) is 3.33. The van der Waals surface area contributed by atoms with Crippen molar-refractivity contribution in [2.24, 2.45) is 0 Å². The molecule has 2 aliphatic heterocycles. The van der Waals surface area contributed by atoms with E-state index in [9.17, 15) is 9.59 Å². The molecule has 0 N–H and O–H groups in total. The van der Waals surface area contributed by atoms with Crippen LogP contribution in [0.5, 0.6) is 0 Å². The van der Waals surface area contributed by atoms with Gasteiger partial charge in [-0.1, -0.05) is 42.5 Å². The van der Waals surface area contributed by atoms with Crippen LogP contribution < -0.4 is 0 Å². The minimum absolute atomic E-state index is 0.0168. The second-order valence-corrected chi connectivity index (χ2v) is 10.8. The van der Waals surface area contributed by atoms with Gasteiger partial charge in [-0.25, -0.2) is 0 Å². The first kappa shape index (κ1) is 23.8. The molecule has 1 aromatic heterocycles. The molecule has 35 heavy (non-hydrogen) atoms. The molecule has 5 rings (SSSR count). The third-order valence-electron chi connectivity index (χ3n) is 7.50. The van der Waals surface area contributed by atoms with Crippen molar-refractivity contribution < 1.29 is 9.59 Å². The molecule has 3 aromatic rings. The van der Waals surface area contributed by atoms with Gasteiger partial charge in [-0.2, -0.15) is 0 Å². The predicted molar refractivity (Wildman–Crippen MR) is 141 cm³/mol. The number of fused-ring (bicyclic) bond motifs is 1. The Balaban J connectivity index is 1.30. The molecule has 0 bridgehead atoms. The maximum absolute atomic E-state index is 13.5. The van der Waals surface area contributed by atoms with Gasteiger partial charge in [-0.15, -0.1) is 11.3 Å². The normalized spacial score (nSPS) is 20.5. The Morgan fingerprint density at radius 1 is 0.914 bits per heavy atom. The van der Waals surface area contributed by atoms with Gasteiger partial charge in [0.15, 0.2) is 0 Å². The fraction of sp³-hybridized carbons (Fsp3) is 0.379. The highest BCUT2D eigenvalue weighted by Gasteiger charge is 2.35. The van der Waals surface area contributed by atoms with Crippen LogP contribution in [0.4, 0.5) is 0 Å². The zero-order chi connectivity index (χ0) is 24.5. The lowest BCUT2D eigenvalue weighted by Gasteiger charge is -2.42. The lowest BCUT2D eigenvalue weighted by Crippen LogP contribution is -2.57. The fourth-order valence-electron chi connectivity index (χ4n) is 5.52. The van der Waals surface area contributed by atoms with Gasteiger partial charge in [-0.3, -0.25) is 14.5 Å². The van der Waals surface area contributed by atoms with Crippen LogP contribution in [0.15, 0.2) is 60.0 Å². The van der Waals surface area contributed by atoms with Crippen LogP contribution in [0.3, 0.4) is 0 Å². The maximum atomic E-state index is 13.5. The molecule has 182 valence electrons. The first-order valence-corrected chi connectivity index (χ1v) is 13.3. The highest BCUT2D eigenvalue weighted by molar-refractivity contribution is 7.10. The van der Waals surface area contributed by atoms with E-state index >= 15 is 0 Å². The summed E-state index contributed by atoms with van der Waals surface area (Å²) >= 11 is 1.82. The molecule has 2 aliphatic rings. The van der Waals surface area contributed by atoms with Gasteiger partial charge < -0.3 is 9.80 Å². The molecule has 5 nitrogen and oxygen atoms in total. The van der Waals surface area contributed by atoms with E-state index in [4.69, 9.17) is 0 Å². The molecule has 2 atom stereocenters. The number of hydrogen-bond donors (Lipinski definition) is 0. The third-order valence-corrected chi connectivity index (χ3v) is 8.50. The Bertz CT molecular complexity index is 1240. The summed E-state index contributed by atoms with van der Waals surface area (Å²) in [6.07, 6.45) is 0.984. The van der Waals surface area contributed by atoms with E-state index in [1.54, 1.807) is 0 Å². The largest absolute Gasteiger partial charge is 0.338 e. The van der Waals surface area contributed by atoms with Crippen LogP contribution in [-0.2, 0) is 11.2 Å². The summed E-state index contributed by atoms with van der Waals surface area (Å²) in [6, 6.07) is 18.6. The number of aryl methyl sites for hydroxylation is 2. The first-order chi connectivity index (χ1) is 16.9. The minimum Gasteiger partial charge on any atom is -0.338 e. The number of amides is 2. The van der Waals surface area contributed by atoms with Crippen LogP contribution in [0.25, 0.3) is 0 Å². The smallest absolute Gasteiger partial charge is 0.254 e. The van der Waals surface area contributed by atoms with E-state index in [0.717, 1.165) is 24.1 Å². The Kier molecular flexibility index (Phi) is 6.76. The van der Waals surface area contributed by atoms with Crippen molar-refractivity contribution in [2.45, 2.75) is 39.3 Å². The quantitative estimate of drug-likeness (QED) is 0.537. The van der Waals surface area contributed by atoms with E-state index in [1.165, 1.54) is 21.6 Å². The van der Waals surface area contributed by atoms with Gasteiger partial charge in [0.2, 0.25) is 5.91 Å². The van der Waals surface area contributed by atoms with Crippen molar-refractivity contribution in [1.29, 1.82) is 0 Å². The summed E-state index contributed by atoms with van der Waals surface area (Å²) in [5, 5.41) is 2.17. The fourth-order valence-corrected chi connectivity index (χ4v) is 6.43. The summed E-state index contributed by atoms with van der Waals surface area (Å²) in [7, 11) is 0. The second kappa shape index (κ2) is 9.96. The number of hydrogen-bond acceptors (Lipinski definition) is 4. The average molecular weight is 488 g/mol. The third kappa shape index (κ3) is 4.65. The Morgan fingerprint density at radius 2 is 1.66 bits per heavy atom. The van der Waals surface area contributed by atoms with Crippen molar-refractivity contribution in [2.75, 3.05) is 32.7 Å². The molecule has 2 amide bonds. The van der Waals surface area contributed by atoms with Crippen LogP contribution in [0.1, 0.15) is 50.5 Å². The summed E-state index contributed by atoms with van der Waals surface area (Å²) in [6.45, 7) is 9.16. The van der Waals surface area contributed by atoms with Gasteiger partial charge in [-0.05, 0) is 67.0 Å². The highest BCUT2D eigenvalue weighted by Crippen LogP contribution is 2.38. The zero-order valence-electron chi connectivity index (χ0n) is 20.7. The number of carbonyl (C=O) groups is 2. The lowest BCUT2D eigenvalue weighted by atomic mass is 9.90. The summed E-state index contributed by atoms with van der Waals surface area (Å²) in [5.74, 6) is 0.209. The molecule has 0 unspecified atom stereocenters. The van der Waals surface area contributed by atoms with Crippen LogP contribution in [0, 0.1) is 13.8 Å². The topological polar surface area (TPSA) is 43.9 Å². The van der Waals surface area contributed by atoms with Crippen LogP contribution in [-0.4, -0.2) is 65.3 Å². The van der Waals surface area contributed by atoms with Crippen molar-refractivity contribution in [3.05, 3.63) is 92.7 Å². The van der Waals surface area contributed by atoms with Crippen molar-refractivity contribution in [3.8, 4) is 0 Å². The standard InChI is InChI=1S/C29H33N3O2S/c1-20-8-4-6-10-23(20)28-25-13-17-35-26(25)12-14-31(28)19-27(33)30-15-16-32(22(3)18-30)29(34)24-11-7-5-9-21(24)2/h4-11,13,17,22,28H,12,14-16,18-19H2,1-3H3/t22-,28-/m1/s1. The molecule has 1 saturated heterocycles. The number of nitrogens with zero attached hydrogens (tertiary/aromatic N) is 3. The van der Waals surface area contributed by atoms with Crippen molar-refractivity contribution in [1.82, 2.24) is 14.7 Å².